The van der Waals surface area contributed by atoms with Gasteiger partial charge in [0.15, 0.2) is 0 Å². The molecule has 2 rings (SSSR count). The number of hydrogen-bond acceptors (Lipinski definition) is 2. The average Bonchev–Trinajstić information content (AvgIpc) is 2.61. The molecule has 0 aliphatic heterocycles. The largest absolute Gasteiger partial charge is 0.380 e. The number of rotatable bonds is 3. The van der Waals surface area contributed by atoms with E-state index in [-0.39, 0.29) is 0 Å². The summed E-state index contributed by atoms with van der Waals surface area (Å²) in [5.41, 5.74) is 3.70. The van der Waals surface area contributed by atoms with Gasteiger partial charge in [0.05, 0.1) is 0 Å². The monoisotopic (exact) mass is 237 g/mol. The third kappa shape index (κ3) is 2.74. The van der Waals surface area contributed by atoms with Crippen LogP contribution in [0.4, 0.5) is 5.69 Å². The molecule has 0 unspecified atom stereocenters. The van der Waals surface area contributed by atoms with Crippen LogP contribution in [-0.2, 0) is 6.54 Å². The Hall–Kier alpha value is -0.990. The van der Waals surface area contributed by atoms with Crippen molar-refractivity contribution in [3.8, 4) is 0 Å². The van der Waals surface area contributed by atoms with E-state index in [1.165, 1.54) is 16.8 Å². The summed E-state index contributed by atoms with van der Waals surface area (Å²) in [4.78, 5) is 0. The van der Waals surface area contributed by atoms with Crippen molar-refractivity contribution in [1.82, 2.24) is 0 Å². The van der Waals surface area contributed by atoms with E-state index in [4.69, 9.17) is 11.6 Å². The van der Waals surface area contributed by atoms with Crippen LogP contribution in [0.25, 0.3) is 0 Å². The fraction of sp³-hybridized carbons (Fsp3) is 0.167. The van der Waals surface area contributed by atoms with E-state index in [2.05, 4.69) is 29.1 Å². The van der Waals surface area contributed by atoms with Crippen LogP contribution in [0.1, 0.15) is 11.1 Å². The smallest absolute Gasteiger partial charge is 0.0481 e. The van der Waals surface area contributed by atoms with Crippen LogP contribution >= 0.6 is 22.9 Å². The fourth-order valence-electron chi connectivity index (χ4n) is 1.39. The molecule has 1 nitrogen and oxygen atoms in total. The minimum Gasteiger partial charge on any atom is -0.380 e. The second kappa shape index (κ2) is 4.69. The molecule has 1 aromatic carbocycles. The highest BCUT2D eigenvalue weighted by Gasteiger charge is 1.98. The van der Waals surface area contributed by atoms with E-state index in [0.717, 1.165) is 11.6 Å². The number of hydrogen-bond donors (Lipinski definition) is 1. The number of aryl methyl sites for hydroxylation is 1. The molecule has 0 aliphatic carbocycles. The van der Waals surface area contributed by atoms with Gasteiger partial charge in [0.25, 0.3) is 0 Å². The molecule has 0 spiro atoms. The van der Waals surface area contributed by atoms with Crippen LogP contribution in [0, 0.1) is 6.92 Å². The standard InChI is InChI=1S/C12H12ClNS/c1-9-7-15-8-12(9)14-6-10-3-2-4-11(13)5-10/h2-5,7-8,14H,6H2,1H3. The van der Waals surface area contributed by atoms with Crippen LogP contribution < -0.4 is 5.32 Å². The maximum atomic E-state index is 5.91. The molecule has 0 radical (unpaired) electrons. The van der Waals surface area contributed by atoms with Crippen molar-refractivity contribution in [1.29, 1.82) is 0 Å². The Morgan fingerprint density at radius 1 is 1.33 bits per heavy atom. The van der Waals surface area contributed by atoms with Gasteiger partial charge in [-0.2, -0.15) is 0 Å². The minimum absolute atomic E-state index is 0.788. The normalized spacial score (nSPS) is 10.3. The van der Waals surface area contributed by atoms with Crippen molar-refractivity contribution in [2.75, 3.05) is 5.32 Å². The summed E-state index contributed by atoms with van der Waals surface area (Å²) in [6, 6.07) is 7.91. The number of thiophene rings is 1. The summed E-state index contributed by atoms with van der Waals surface area (Å²) < 4.78 is 0. The van der Waals surface area contributed by atoms with E-state index in [9.17, 15) is 0 Å². The Morgan fingerprint density at radius 2 is 2.20 bits per heavy atom. The zero-order valence-electron chi connectivity index (χ0n) is 8.46. The molecule has 0 fully saturated rings. The van der Waals surface area contributed by atoms with Gasteiger partial charge in [-0.25, -0.2) is 0 Å². The van der Waals surface area contributed by atoms with E-state index >= 15 is 0 Å². The van der Waals surface area contributed by atoms with Crippen LogP contribution in [0.15, 0.2) is 35.0 Å². The summed E-state index contributed by atoms with van der Waals surface area (Å²) in [6.07, 6.45) is 0. The highest BCUT2D eigenvalue weighted by Crippen LogP contribution is 2.20. The summed E-state index contributed by atoms with van der Waals surface area (Å²) in [7, 11) is 0. The molecule has 0 saturated heterocycles. The molecule has 3 heteroatoms. The third-order valence-electron chi connectivity index (χ3n) is 2.23. The molecular formula is C12H12ClNS. The molecule has 1 aromatic heterocycles. The lowest BCUT2D eigenvalue weighted by Gasteiger charge is -2.05. The van der Waals surface area contributed by atoms with E-state index in [1.807, 2.05) is 18.2 Å². The Morgan fingerprint density at radius 3 is 2.87 bits per heavy atom. The maximum absolute atomic E-state index is 5.91. The quantitative estimate of drug-likeness (QED) is 0.838. The second-order valence-corrected chi connectivity index (χ2v) is 4.63. The van der Waals surface area contributed by atoms with Crippen LogP contribution in [0.3, 0.4) is 0 Å². The highest BCUT2D eigenvalue weighted by atomic mass is 35.5. The first-order valence-electron chi connectivity index (χ1n) is 4.77. The van der Waals surface area contributed by atoms with Gasteiger partial charge in [0, 0.05) is 22.6 Å². The number of nitrogens with one attached hydrogen (secondary N) is 1. The summed E-state index contributed by atoms with van der Waals surface area (Å²) in [5.74, 6) is 0. The summed E-state index contributed by atoms with van der Waals surface area (Å²) >= 11 is 7.63. The second-order valence-electron chi connectivity index (χ2n) is 3.45. The Balaban J connectivity index is 2.02. The zero-order chi connectivity index (χ0) is 10.7. The molecule has 0 amide bonds. The van der Waals surface area contributed by atoms with Crippen molar-refractivity contribution in [3.63, 3.8) is 0 Å². The minimum atomic E-state index is 0.788. The molecule has 0 atom stereocenters. The lowest BCUT2D eigenvalue weighted by molar-refractivity contribution is 1.15. The predicted octanol–water partition coefficient (Wildman–Crippen LogP) is 4.32. The first-order chi connectivity index (χ1) is 7.25. The first-order valence-corrected chi connectivity index (χ1v) is 6.09. The fourth-order valence-corrected chi connectivity index (χ4v) is 2.40. The van der Waals surface area contributed by atoms with Crippen molar-refractivity contribution in [2.24, 2.45) is 0 Å². The SMILES string of the molecule is Cc1cscc1NCc1cccc(Cl)c1. The van der Waals surface area contributed by atoms with Crippen molar-refractivity contribution < 1.29 is 0 Å². The highest BCUT2D eigenvalue weighted by molar-refractivity contribution is 7.08. The summed E-state index contributed by atoms with van der Waals surface area (Å²) in [6.45, 7) is 2.93. The number of anilines is 1. The third-order valence-corrected chi connectivity index (χ3v) is 3.32. The predicted molar refractivity (Wildman–Crippen MR) is 67.8 cm³/mol. The van der Waals surface area contributed by atoms with Gasteiger partial charge < -0.3 is 5.32 Å². The molecule has 1 heterocycles. The van der Waals surface area contributed by atoms with Crippen molar-refractivity contribution in [2.45, 2.75) is 13.5 Å². The summed E-state index contributed by atoms with van der Waals surface area (Å²) in [5, 5.41) is 8.44. The van der Waals surface area contributed by atoms with Crippen molar-refractivity contribution in [3.05, 3.63) is 51.2 Å². The van der Waals surface area contributed by atoms with Crippen LogP contribution in [-0.4, -0.2) is 0 Å². The van der Waals surface area contributed by atoms with Gasteiger partial charge in [0.1, 0.15) is 0 Å². The lowest BCUT2D eigenvalue weighted by Crippen LogP contribution is -1.98. The van der Waals surface area contributed by atoms with Gasteiger partial charge >= 0.3 is 0 Å². The zero-order valence-corrected chi connectivity index (χ0v) is 10.0. The van der Waals surface area contributed by atoms with Gasteiger partial charge in [-0.05, 0) is 35.6 Å². The van der Waals surface area contributed by atoms with Gasteiger partial charge in [-0.15, -0.1) is 11.3 Å². The van der Waals surface area contributed by atoms with Crippen LogP contribution in [0.2, 0.25) is 5.02 Å². The topological polar surface area (TPSA) is 12.0 Å². The van der Waals surface area contributed by atoms with Gasteiger partial charge in [-0.3, -0.25) is 0 Å². The maximum Gasteiger partial charge on any atom is 0.0481 e. The van der Waals surface area contributed by atoms with E-state index in [0.29, 0.717) is 0 Å². The first kappa shape index (κ1) is 10.5. The molecule has 0 aliphatic rings. The molecule has 2 aromatic rings. The molecule has 15 heavy (non-hydrogen) atoms. The van der Waals surface area contributed by atoms with Crippen LogP contribution in [0.5, 0.6) is 0 Å². The number of benzene rings is 1. The molecule has 0 saturated carbocycles. The molecule has 0 bridgehead atoms. The average molecular weight is 238 g/mol. The van der Waals surface area contributed by atoms with Gasteiger partial charge in [0.2, 0.25) is 0 Å². The Bertz CT molecular complexity index is 450. The molecular weight excluding hydrogens is 226 g/mol. The molecule has 1 N–H and O–H groups in total. The lowest BCUT2D eigenvalue weighted by atomic mass is 10.2. The Kier molecular flexibility index (Phi) is 3.29. The van der Waals surface area contributed by atoms with E-state index in [1.54, 1.807) is 11.3 Å². The Labute approximate surface area is 98.7 Å². The van der Waals surface area contributed by atoms with Gasteiger partial charge in [-0.1, -0.05) is 23.7 Å². The molecule has 78 valence electrons. The van der Waals surface area contributed by atoms with Crippen molar-refractivity contribution >= 4 is 28.6 Å². The van der Waals surface area contributed by atoms with E-state index < -0.39 is 0 Å². The number of halogens is 1.